The molecule has 2 aliphatic carbocycles. The first-order valence-electron chi connectivity index (χ1n) is 10.4. The highest BCUT2D eigenvalue weighted by Gasteiger charge is 2.53. The van der Waals surface area contributed by atoms with Gasteiger partial charge in [-0.05, 0) is 51.4 Å². The summed E-state index contributed by atoms with van der Waals surface area (Å²) in [4.78, 5) is 51.8. The number of aliphatic hydroxyl groups is 3. The third kappa shape index (κ3) is 4.57. The van der Waals surface area contributed by atoms with E-state index in [2.05, 4.69) is 5.32 Å². The van der Waals surface area contributed by atoms with Gasteiger partial charge in [0, 0.05) is 12.1 Å². The number of carbonyl (C=O) groups is 4. The molecule has 3 aliphatic rings. The number of aliphatic carboxylic acids is 1. The number of amides is 4. The molecule has 2 unspecified atom stereocenters. The Labute approximate surface area is 173 Å². The number of imide groups is 1. The molecule has 6 atom stereocenters. The predicted molar refractivity (Wildman–Crippen MR) is 101 cm³/mol. The van der Waals surface area contributed by atoms with E-state index in [1.54, 1.807) is 0 Å². The minimum atomic E-state index is -1.76. The van der Waals surface area contributed by atoms with Gasteiger partial charge in [-0.25, -0.2) is 4.79 Å². The standard InChI is InChI=1S/C19H29N3O8/c23-12-5-1-3-10(7-12)21-17(28)15(16(27)20-9-14(25)26)18(29)22(19(21)30)11-4-2-6-13(24)8-11/h10-13,15,17,23-24,28H,1-9H2,(H,20,27)(H,25,26)/t10-,11+,12+,13-,15?,17?/m1/s1. The van der Waals surface area contributed by atoms with E-state index >= 15 is 0 Å². The summed E-state index contributed by atoms with van der Waals surface area (Å²) in [6.45, 7) is -0.729. The van der Waals surface area contributed by atoms with Crippen LogP contribution in [0.5, 0.6) is 0 Å². The number of rotatable bonds is 5. The highest BCUT2D eigenvalue weighted by molar-refractivity contribution is 6.09. The third-order valence-corrected chi connectivity index (χ3v) is 6.21. The lowest BCUT2D eigenvalue weighted by Gasteiger charge is -2.49. The predicted octanol–water partition coefficient (Wildman–Crippen LogP) is -1.01. The minimum absolute atomic E-state index is 0.179. The highest BCUT2D eigenvalue weighted by atomic mass is 16.4. The van der Waals surface area contributed by atoms with E-state index in [1.807, 2.05) is 0 Å². The number of carbonyl (C=O) groups excluding carboxylic acids is 3. The van der Waals surface area contributed by atoms with Gasteiger partial charge in [-0.1, -0.05) is 0 Å². The Bertz CT molecular complexity index is 701. The summed E-state index contributed by atoms with van der Waals surface area (Å²) in [5.74, 6) is -4.87. The second-order valence-electron chi connectivity index (χ2n) is 8.35. The molecule has 168 valence electrons. The summed E-state index contributed by atoms with van der Waals surface area (Å²) in [5, 5.41) is 41.8. The van der Waals surface area contributed by atoms with Crippen molar-refractivity contribution < 1.29 is 39.6 Å². The smallest absolute Gasteiger partial charge is 0.329 e. The van der Waals surface area contributed by atoms with Gasteiger partial charge in [0.15, 0.2) is 12.1 Å². The van der Waals surface area contributed by atoms with Crippen LogP contribution in [-0.2, 0) is 14.4 Å². The molecular formula is C19H29N3O8. The maximum absolute atomic E-state index is 13.3. The Morgan fingerprint density at radius 1 is 0.933 bits per heavy atom. The normalized spacial score (nSPS) is 35.3. The van der Waals surface area contributed by atoms with Crippen molar-refractivity contribution in [2.24, 2.45) is 5.92 Å². The van der Waals surface area contributed by atoms with Crippen molar-refractivity contribution in [2.45, 2.75) is 81.9 Å². The zero-order chi connectivity index (χ0) is 22.0. The van der Waals surface area contributed by atoms with Gasteiger partial charge in [0.2, 0.25) is 11.8 Å². The molecule has 1 saturated heterocycles. The first-order valence-corrected chi connectivity index (χ1v) is 10.4. The van der Waals surface area contributed by atoms with E-state index < -0.39 is 66.8 Å². The van der Waals surface area contributed by atoms with Gasteiger partial charge >= 0.3 is 12.0 Å². The van der Waals surface area contributed by atoms with E-state index in [0.29, 0.717) is 38.5 Å². The number of hydrogen-bond acceptors (Lipinski definition) is 7. The molecule has 4 amide bonds. The molecule has 0 aromatic rings. The van der Waals surface area contributed by atoms with Crippen molar-refractivity contribution in [3.63, 3.8) is 0 Å². The quantitative estimate of drug-likeness (QED) is 0.348. The number of hydrogen-bond donors (Lipinski definition) is 5. The fraction of sp³-hybridized carbons (Fsp3) is 0.789. The van der Waals surface area contributed by atoms with Gasteiger partial charge in [-0.15, -0.1) is 0 Å². The second-order valence-corrected chi connectivity index (χ2v) is 8.35. The van der Waals surface area contributed by atoms with Crippen LogP contribution in [0.1, 0.15) is 51.4 Å². The first-order chi connectivity index (χ1) is 14.2. The molecule has 0 bridgehead atoms. The Morgan fingerprint density at radius 2 is 1.50 bits per heavy atom. The van der Waals surface area contributed by atoms with Crippen molar-refractivity contribution in [3.8, 4) is 0 Å². The van der Waals surface area contributed by atoms with Crippen LogP contribution in [0, 0.1) is 5.92 Å². The molecule has 3 fully saturated rings. The molecule has 30 heavy (non-hydrogen) atoms. The SMILES string of the molecule is O=C(O)CNC(=O)C1C(=O)N([C@H]2CCC[C@@H](O)C2)C(=O)N([C@@H]2CCC[C@H](O)C2)C1O. The zero-order valence-corrected chi connectivity index (χ0v) is 16.6. The summed E-state index contributed by atoms with van der Waals surface area (Å²) < 4.78 is 0. The van der Waals surface area contributed by atoms with E-state index in [9.17, 15) is 34.5 Å². The highest BCUT2D eigenvalue weighted by Crippen LogP contribution is 2.34. The van der Waals surface area contributed by atoms with Crippen molar-refractivity contribution in [3.05, 3.63) is 0 Å². The average molecular weight is 427 g/mol. The van der Waals surface area contributed by atoms with Crippen molar-refractivity contribution in [1.29, 1.82) is 0 Å². The topological polar surface area (TPSA) is 168 Å². The van der Waals surface area contributed by atoms with Crippen LogP contribution in [0.3, 0.4) is 0 Å². The second kappa shape index (κ2) is 9.27. The largest absolute Gasteiger partial charge is 0.480 e. The van der Waals surface area contributed by atoms with Gasteiger partial charge in [-0.2, -0.15) is 0 Å². The molecule has 1 heterocycles. The lowest BCUT2D eigenvalue weighted by atomic mass is 9.87. The fourth-order valence-corrected chi connectivity index (χ4v) is 4.76. The maximum Gasteiger partial charge on any atom is 0.329 e. The molecule has 11 nitrogen and oxygen atoms in total. The van der Waals surface area contributed by atoms with E-state index in [-0.39, 0.29) is 12.8 Å². The van der Waals surface area contributed by atoms with E-state index in [0.717, 1.165) is 9.80 Å². The van der Waals surface area contributed by atoms with Crippen molar-refractivity contribution >= 4 is 23.8 Å². The number of nitrogens with one attached hydrogen (secondary N) is 1. The van der Waals surface area contributed by atoms with Crippen LogP contribution in [0.15, 0.2) is 0 Å². The molecule has 0 radical (unpaired) electrons. The first kappa shape index (κ1) is 22.4. The minimum Gasteiger partial charge on any atom is -0.480 e. The fourth-order valence-electron chi connectivity index (χ4n) is 4.76. The summed E-state index contributed by atoms with van der Waals surface area (Å²) in [6.07, 6.45) is 0.584. The third-order valence-electron chi connectivity index (χ3n) is 6.21. The monoisotopic (exact) mass is 427 g/mol. The van der Waals surface area contributed by atoms with Gasteiger partial charge < -0.3 is 25.7 Å². The van der Waals surface area contributed by atoms with Gasteiger partial charge in [-0.3, -0.25) is 24.2 Å². The summed E-state index contributed by atoms with van der Waals surface area (Å²) in [5.41, 5.74) is 0. The molecule has 11 heteroatoms. The molecular weight excluding hydrogens is 398 g/mol. The summed E-state index contributed by atoms with van der Waals surface area (Å²) >= 11 is 0. The molecule has 0 aromatic heterocycles. The van der Waals surface area contributed by atoms with Crippen LogP contribution in [-0.4, -0.2) is 91.1 Å². The van der Waals surface area contributed by atoms with E-state index in [1.165, 1.54) is 0 Å². The number of aliphatic hydroxyl groups excluding tert-OH is 3. The van der Waals surface area contributed by atoms with Crippen LogP contribution >= 0.6 is 0 Å². The van der Waals surface area contributed by atoms with Crippen molar-refractivity contribution in [2.75, 3.05) is 6.54 Å². The Hall–Kier alpha value is -2.24. The zero-order valence-electron chi connectivity index (χ0n) is 16.6. The van der Waals surface area contributed by atoms with Crippen LogP contribution in [0.4, 0.5) is 4.79 Å². The number of carboxylic acids is 1. The summed E-state index contributed by atoms with van der Waals surface area (Å²) in [7, 11) is 0. The molecule has 2 saturated carbocycles. The molecule has 1 aliphatic heterocycles. The molecule has 5 N–H and O–H groups in total. The molecule has 0 aromatic carbocycles. The van der Waals surface area contributed by atoms with Gasteiger partial charge in [0.1, 0.15) is 6.54 Å². The van der Waals surface area contributed by atoms with Crippen LogP contribution in [0.25, 0.3) is 0 Å². The van der Waals surface area contributed by atoms with Gasteiger partial charge in [0.05, 0.1) is 12.2 Å². The van der Waals surface area contributed by atoms with Crippen molar-refractivity contribution in [1.82, 2.24) is 15.1 Å². The summed E-state index contributed by atoms with van der Waals surface area (Å²) in [6, 6.07) is -1.92. The number of carboxylic acid groups (broad SMARTS) is 1. The van der Waals surface area contributed by atoms with Gasteiger partial charge in [0.25, 0.3) is 0 Å². The average Bonchev–Trinajstić information content (AvgIpc) is 2.66. The molecule has 3 rings (SSSR count). The van der Waals surface area contributed by atoms with Crippen LogP contribution < -0.4 is 5.32 Å². The Morgan fingerprint density at radius 3 is 2.07 bits per heavy atom. The maximum atomic E-state index is 13.3. The number of nitrogens with zero attached hydrogens (tertiary/aromatic N) is 2. The van der Waals surface area contributed by atoms with Crippen LogP contribution in [0.2, 0.25) is 0 Å². The lowest BCUT2D eigenvalue weighted by Crippen LogP contribution is -2.69. The Kier molecular flexibility index (Phi) is 6.94. The van der Waals surface area contributed by atoms with E-state index in [4.69, 9.17) is 5.11 Å². The number of urea groups is 1. The lowest BCUT2D eigenvalue weighted by molar-refractivity contribution is -0.164. The molecule has 0 spiro atoms. The Balaban J connectivity index is 1.91.